The second kappa shape index (κ2) is 4.86. The van der Waals surface area contributed by atoms with E-state index in [0.717, 1.165) is 0 Å². The molecule has 6 heteroatoms. The van der Waals surface area contributed by atoms with E-state index in [1.54, 1.807) is 0 Å². The van der Waals surface area contributed by atoms with E-state index in [-0.39, 0.29) is 17.1 Å². The summed E-state index contributed by atoms with van der Waals surface area (Å²) in [5.41, 5.74) is -0.141. The monoisotopic (exact) mass is 223 g/mol. The van der Waals surface area contributed by atoms with Gasteiger partial charge in [0.25, 0.3) is 0 Å². The van der Waals surface area contributed by atoms with Gasteiger partial charge in [0, 0.05) is 5.56 Å². The molecule has 1 rings (SSSR count). The zero-order valence-corrected chi connectivity index (χ0v) is 7.42. The van der Waals surface area contributed by atoms with Crippen molar-refractivity contribution in [2.45, 2.75) is 13.2 Å². The van der Waals surface area contributed by atoms with Crippen LogP contribution in [0.2, 0.25) is 0 Å². The van der Waals surface area contributed by atoms with E-state index in [0.29, 0.717) is 0 Å². The van der Waals surface area contributed by atoms with E-state index < -0.39 is 13.2 Å². The topological polar surface area (TPSA) is 18.5 Å². The second-order valence-corrected chi connectivity index (χ2v) is 2.49. The molecular weight excluding hydrogens is 216 g/mol. The van der Waals surface area contributed by atoms with Crippen LogP contribution < -0.4 is 9.47 Å². The Labute approximate surface area is 83.4 Å². The number of alkyl halides is 4. The van der Waals surface area contributed by atoms with Crippen molar-refractivity contribution in [2.75, 3.05) is 0 Å². The molecule has 0 amide bonds. The zero-order valence-electron chi connectivity index (χ0n) is 7.42. The van der Waals surface area contributed by atoms with Gasteiger partial charge in [0.15, 0.2) is 0 Å². The van der Waals surface area contributed by atoms with Gasteiger partial charge in [-0.3, -0.25) is 0 Å². The molecule has 1 radical (unpaired) electrons. The summed E-state index contributed by atoms with van der Waals surface area (Å²) in [5.74, 6) is -0.577. The van der Waals surface area contributed by atoms with Crippen molar-refractivity contribution in [1.29, 1.82) is 0 Å². The summed E-state index contributed by atoms with van der Waals surface area (Å²) >= 11 is 0. The summed E-state index contributed by atoms with van der Waals surface area (Å²) in [6, 6.07) is 3.63. The lowest BCUT2D eigenvalue weighted by atomic mass is 10.2. The second-order valence-electron chi connectivity index (χ2n) is 2.49. The van der Waals surface area contributed by atoms with Gasteiger partial charge in [-0.2, -0.15) is 17.6 Å². The molecule has 1 aromatic carbocycles. The number of benzene rings is 1. The number of halogens is 4. The third-order valence-electron chi connectivity index (χ3n) is 1.52. The smallest absolute Gasteiger partial charge is 0.387 e. The summed E-state index contributed by atoms with van der Waals surface area (Å²) in [7, 11) is 0. The van der Waals surface area contributed by atoms with Crippen LogP contribution in [-0.4, -0.2) is 13.2 Å². The molecule has 0 atom stereocenters. The van der Waals surface area contributed by atoms with Crippen molar-refractivity contribution >= 4 is 0 Å². The van der Waals surface area contributed by atoms with Crippen LogP contribution >= 0.6 is 0 Å². The number of rotatable bonds is 4. The van der Waals surface area contributed by atoms with E-state index in [1.165, 1.54) is 18.2 Å². The van der Waals surface area contributed by atoms with Crippen LogP contribution in [0.25, 0.3) is 0 Å². The van der Waals surface area contributed by atoms with Gasteiger partial charge in [0.2, 0.25) is 0 Å². The number of hydrogen-bond acceptors (Lipinski definition) is 2. The van der Waals surface area contributed by atoms with Gasteiger partial charge in [-0.05, 0) is 19.1 Å². The molecule has 15 heavy (non-hydrogen) atoms. The maximum Gasteiger partial charge on any atom is 0.387 e. The summed E-state index contributed by atoms with van der Waals surface area (Å²) < 4.78 is 55.5. The van der Waals surface area contributed by atoms with Crippen LogP contribution in [0.1, 0.15) is 5.56 Å². The molecule has 2 nitrogen and oxygen atoms in total. The Kier molecular flexibility index (Phi) is 3.76. The van der Waals surface area contributed by atoms with Crippen LogP contribution in [0.3, 0.4) is 0 Å². The average molecular weight is 223 g/mol. The van der Waals surface area contributed by atoms with Gasteiger partial charge in [-0.25, -0.2) is 0 Å². The Morgan fingerprint density at radius 1 is 0.933 bits per heavy atom. The van der Waals surface area contributed by atoms with Crippen LogP contribution in [0, 0.1) is 6.92 Å². The van der Waals surface area contributed by atoms with E-state index in [4.69, 9.17) is 0 Å². The van der Waals surface area contributed by atoms with Crippen LogP contribution in [0.5, 0.6) is 11.5 Å². The molecule has 0 aliphatic heterocycles. The fourth-order valence-electron chi connectivity index (χ4n) is 0.958. The van der Waals surface area contributed by atoms with Gasteiger partial charge < -0.3 is 9.47 Å². The SMILES string of the molecule is [CH2]c1c(OC(F)F)cccc1OC(F)F. The zero-order chi connectivity index (χ0) is 11.4. The van der Waals surface area contributed by atoms with E-state index in [1.807, 2.05) is 0 Å². The molecule has 0 heterocycles. The summed E-state index contributed by atoms with van der Waals surface area (Å²) in [5, 5.41) is 0. The minimum Gasteiger partial charge on any atom is -0.434 e. The largest absolute Gasteiger partial charge is 0.434 e. The van der Waals surface area contributed by atoms with E-state index >= 15 is 0 Å². The molecule has 0 saturated heterocycles. The molecule has 0 unspecified atom stereocenters. The molecular formula is C9H7F4O2. The Hall–Kier alpha value is -1.46. The lowest BCUT2D eigenvalue weighted by Crippen LogP contribution is -2.06. The lowest BCUT2D eigenvalue weighted by Gasteiger charge is -2.12. The fraction of sp³-hybridized carbons (Fsp3) is 0.222. The maximum absolute atomic E-state index is 11.9. The van der Waals surface area contributed by atoms with Crippen LogP contribution in [0.15, 0.2) is 18.2 Å². The predicted octanol–water partition coefficient (Wildman–Crippen LogP) is 3.07. The Morgan fingerprint density at radius 2 is 1.33 bits per heavy atom. The molecule has 83 valence electrons. The third kappa shape index (κ3) is 3.30. The number of hydrogen-bond donors (Lipinski definition) is 0. The molecule has 0 bridgehead atoms. The van der Waals surface area contributed by atoms with Gasteiger partial charge in [0.1, 0.15) is 11.5 Å². The summed E-state index contributed by atoms with van der Waals surface area (Å²) in [6.45, 7) is -2.76. The first-order valence-corrected chi connectivity index (χ1v) is 3.85. The van der Waals surface area contributed by atoms with Gasteiger partial charge in [-0.1, -0.05) is 6.07 Å². The fourth-order valence-corrected chi connectivity index (χ4v) is 0.958. The van der Waals surface area contributed by atoms with Crippen molar-refractivity contribution in [3.63, 3.8) is 0 Å². The minimum atomic E-state index is -3.03. The molecule has 0 aliphatic rings. The Balaban J connectivity index is 2.90. The molecule has 0 aromatic heterocycles. The van der Waals surface area contributed by atoms with E-state index in [2.05, 4.69) is 16.4 Å². The standard InChI is InChI=1S/C9H7F4O2/c1-5-6(14-8(10)11)3-2-4-7(5)15-9(12)13/h2-4,8-9H,1H2. The summed E-state index contributed by atoms with van der Waals surface area (Å²) in [6.07, 6.45) is 0. The lowest BCUT2D eigenvalue weighted by molar-refractivity contribution is -0.0547. The highest BCUT2D eigenvalue weighted by atomic mass is 19.3. The summed E-state index contributed by atoms with van der Waals surface area (Å²) in [4.78, 5) is 0. The predicted molar refractivity (Wildman–Crippen MR) is 44.2 cm³/mol. The first-order chi connectivity index (χ1) is 7.00. The first kappa shape index (κ1) is 11.6. The highest BCUT2D eigenvalue weighted by Gasteiger charge is 2.13. The highest BCUT2D eigenvalue weighted by molar-refractivity contribution is 5.46. The quantitative estimate of drug-likeness (QED) is 0.730. The molecule has 0 saturated carbocycles. The average Bonchev–Trinajstić information content (AvgIpc) is 2.10. The van der Waals surface area contributed by atoms with Crippen molar-refractivity contribution in [2.24, 2.45) is 0 Å². The normalized spacial score (nSPS) is 10.9. The molecule has 0 spiro atoms. The highest BCUT2D eigenvalue weighted by Crippen LogP contribution is 2.29. The van der Waals surface area contributed by atoms with Gasteiger partial charge >= 0.3 is 13.2 Å². The molecule has 0 fully saturated rings. The first-order valence-electron chi connectivity index (χ1n) is 3.85. The molecule has 0 aliphatic carbocycles. The number of ether oxygens (including phenoxy) is 2. The third-order valence-corrected chi connectivity index (χ3v) is 1.52. The van der Waals surface area contributed by atoms with Crippen molar-refractivity contribution < 1.29 is 27.0 Å². The van der Waals surface area contributed by atoms with Crippen LogP contribution in [0.4, 0.5) is 17.6 Å². The van der Waals surface area contributed by atoms with Crippen molar-refractivity contribution in [3.8, 4) is 11.5 Å². The van der Waals surface area contributed by atoms with Gasteiger partial charge in [0.05, 0.1) is 0 Å². The minimum absolute atomic E-state index is 0.141. The van der Waals surface area contributed by atoms with Crippen LogP contribution in [-0.2, 0) is 0 Å². The van der Waals surface area contributed by atoms with Gasteiger partial charge in [-0.15, -0.1) is 0 Å². The van der Waals surface area contributed by atoms with E-state index in [9.17, 15) is 17.6 Å². The van der Waals surface area contributed by atoms with Crippen molar-refractivity contribution in [1.82, 2.24) is 0 Å². The Morgan fingerprint density at radius 3 is 1.67 bits per heavy atom. The molecule has 0 N–H and O–H groups in total. The Bertz CT molecular complexity index is 300. The maximum atomic E-state index is 11.9. The van der Waals surface area contributed by atoms with Crippen molar-refractivity contribution in [3.05, 3.63) is 30.7 Å². The molecule has 1 aromatic rings.